The smallest absolute Gasteiger partial charge is 0.317 e. The third-order valence-corrected chi connectivity index (χ3v) is 5.63. The van der Waals surface area contributed by atoms with Crippen molar-refractivity contribution in [3.8, 4) is 5.75 Å². The standard InChI is InChI=1S/C19H26N4O2S/c1-13(2)20-19(24)23-10-8-15(9-11-23)18-22-21-17(26-18)12-14-4-6-16(25-3)7-5-14/h4-7,13,15H,8-12H2,1-3H3,(H,20,24). The number of hydrogen-bond donors (Lipinski definition) is 1. The highest BCUT2D eigenvalue weighted by atomic mass is 32.1. The third-order valence-electron chi connectivity index (χ3n) is 4.54. The number of aromatic nitrogens is 2. The number of rotatable bonds is 5. The van der Waals surface area contributed by atoms with E-state index in [1.807, 2.05) is 30.9 Å². The average molecular weight is 375 g/mol. The van der Waals surface area contributed by atoms with E-state index in [1.54, 1.807) is 18.4 Å². The number of urea groups is 1. The van der Waals surface area contributed by atoms with Gasteiger partial charge < -0.3 is 15.0 Å². The molecule has 1 aromatic heterocycles. The largest absolute Gasteiger partial charge is 0.497 e. The van der Waals surface area contributed by atoms with Crippen LogP contribution in [0.15, 0.2) is 24.3 Å². The van der Waals surface area contributed by atoms with Gasteiger partial charge in [0.05, 0.1) is 7.11 Å². The first-order chi connectivity index (χ1) is 12.5. The van der Waals surface area contributed by atoms with Crippen LogP contribution in [0.5, 0.6) is 5.75 Å². The Morgan fingerprint density at radius 2 is 1.96 bits per heavy atom. The summed E-state index contributed by atoms with van der Waals surface area (Å²) in [6.45, 7) is 5.51. The van der Waals surface area contributed by atoms with Gasteiger partial charge in [0.2, 0.25) is 0 Å². The molecule has 0 unspecified atom stereocenters. The van der Waals surface area contributed by atoms with E-state index in [9.17, 15) is 4.79 Å². The lowest BCUT2D eigenvalue weighted by Crippen LogP contribution is -2.46. The Bertz CT molecular complexity index is 721. The predicted octanol–water partition coefficient (Wildman–Crippen LogP) is 3.43. The maximum absolute atomic E-state index is 12.1. The molecule has 0 radical (unpaired) electrons. The molecule has 140 valence electrons. The quantitative estimate of drug-likeness (QED) is 0.871. The van der Waals surface area contributed by atoms with Crippen molar-refractivity contribution in [3.05, 3.63) is 39.8 Å². The minimum Gasteiger partial charge on any atom is -0.497 e. The minimum absolute atomic E-state index is 0.0379. The van der Waals surface area contributed by atoms with E-state index in [-0.39, 0.29) is 12.1 Å². The van der Waals surface area contributed by atoms with Crippen molar-refractivity contribution in [1.29, 1.82) is 0 Å². The second-order valence-electron chi connectivity index (χ2n) is 6.92. The van der Waals surface area contributed by atoms with E-state index in [4.69, 9.17) is 4.74 Å². The molecule has 1 N–H and O–H groups in total. The number of carbonyl (C=O) groups is 1. The molecule has 1 aromatic carbocycles. The van der Waals surface area contributed by atoms with Crippen LogP contribution in [-0.4, -0.2) is 47.4 Å². The van der Waals surface area contributed by atoms with Crippen LogP contribution in [0.2, 0.25) is 0 Å². The van der Waals surface area contributed by atoms with Crippen molar-refractivity contribution in [2.24, 2.45) is 0 Å². The van der Waals surface area contributed by atoms with Gasteiger partial charge in [0.1, 0.15) is 15.8 Å². The fraction of sp³-hybridized carbons (Fsp3) is 0.526. The molecule has 2 heterocycles. The Kier molecular flexibility index (Phi) is 6.08. The molecular weight excluding hydrogens is 348 g/mol. The van der Waals surface area contributed by atoms with Crippen molar-refractivity contribution < 1.29 is 9.53 Å². The van der Waals surface area contributed by atoms with E-state index in [0.717, 1.165) is 48.1 Å². The van der Waals surface area contributed by atoms with Crippen LogP contribution in [0.25, 0.3) is 0 Å². The molecule has 1 aliphatic rings. The summed E-state index contributed by atoms with van der Waals surface area (Å²) in [6.07, 6.45) is 2.68. The van der Waals surface area contributed by atoms with Gasteiger partial charge in [0, 0.05) is 31.5 Å². The molecule has 0 bridgehead atoms. The lowest BCUT2D eigenvalue weighted by molar-refractivity contribution is 0.179. The Labute approximate surface area is 158 Å². The van der Waals surface area contributed by atoms with Crippen molar-refractivity contribution in [2.75, 3.05) is 20.2 Å². The SMILES string of the molecule is COc1ccc(Cc2nnc(C3CCN(C(=O)NC(C)C)CC3)s2)cc1. The molecule has 1 saturated heterocycles. The second-order valence-corrected chi connectivity index (χ2v) is 8.02. The zero-order valence-corrected chi connectivity index (χ0v) is 16.4. The van der Waals surface area contributed by atoms with Gasteiger partial charge in [0.25, 0.3) is 0 Å². The van der Waals surface area contributed by atoms with E-state index >= 15 is 0 Å². The summed E-state index contributed by atoms with van der Waals surface area (Å²) in [5.74, 6) is 1.26. The molecule has 0 saturated carbocycles. The van der Waals surface area contributed by atoms with Crippen LogP contribution >= 0.6 is 11.3 Å². The second kappa shape index (κ2) is 8.49. The molecule has 1 fully saturated rings. The average Bonchev–Trinajstić information content (AvgIpc) is 3.10. The van der Waals surface area contributed by atoms with Crippen LogP contribution in [0, 0.1) is 0 Å². The fourth-order valence-electron chi connectivity index (χ4n) is 3.09. The van der Waals surface area contributed by atoms with Crippen LogP contribution in [0.1, 0.15) is 48.2 Å². The zero-order valence-electron chi connectivity index (χ0n) is 15.6. The first kappa shape index (κ1) is 18.6. The first-order valence-electron chi connectivity index (χ1n) is 9.06. The number of nitrogens with one attached hydrogen (secondary N) is 1. The maximum Gasteiger partial charge on any atom is 0.317 e. The lowest BCUT2D eigenvalue weighted by Gasteiger charge is -2.31. The lowest BCUT2D eigenvalue weighted by atomic mass is 9.98. The van der Waals surface area contributed by atoms with Crippen molar-refractivity contribution in [1.82, 2.24) is 20.4 Å². The number of ether oxygens (including phenoxy) is 1. The summed E-state index contributed by atoms with van der Waals surface area (Å²) in [5.41, 5.74) is 1.20. The number of hydrogen-bond acceptors (Lipinski definition) is 5. The molecule has 0 atom stereocenters. The van der Waals surface area contributed by atoms with Crippen molar-refractivity contribution in [3.63, 3.8) is 0 Å². The molecular formula is C19H26N4O2S. The van der Waals surface area contributed by atoms with Crippen LogP contribution < -0.4 is 10.1 Å². The maximum atomic E-state index is 12.1. The van der Waals surface area contributed by atoms with Gasteiger partial charge in [-0.1, -0.05) is 12.1 Å². The Balaban J connectivity index is 1.54. The summed E-state index contributed by atoms with van der Waals surface area (Å²) in [7, 11) is 1.67. The number of nitrogens with zero attached hydrogens (tertiary/aromatic N) is 3. The van der Waals surface area contributed by atoms with E-state index < -0.39 is 0 Å². The predicted molar refractivity (Wildman–Crippen MR) is 103 cm³/mol. The summed E-state index contributed by atoms with van der Waals surface area (Å²) < 4.78 is 5.19. The summed E-state index contributed by atoms with van der Waals surface area (Å²) in [6, 6.07) is 8.27. The first-order valence-corrected chi connectivity index (χ1v) is 9.87. The number of piperidine rings is 1. The molecule has 1 aliphatic heterocycles. The highest BCUT2D eigenvalue weighted by Crippen LogP contribution is 2.31. The van der Waals surface area contributed by atoms with Crippen LogP contribution in [0.4, 0.5) is 4.79 Å². The number of carbonyl (C=O) groups excluding carboxylic acids is 1. The Morgan fingerprint density at radius 1 is 1.27 bits per heavy atom. The van der Waals surface area contributed by atoms with Gasteiger partial charge in [0.15, 0.2) is 0 Å². The Morgan fingerprint density at radius 3 is 2.58 bits per heavy atom. The number of methoxy groups -OCH3 is 1. The molecule has 2 amide bonds. The number of amides is 2. The zero-order chi connectivity index (χ0) is 18.5. The fourth-order valence-corrected chi connectivity index (χ4v) is 4.13. The van der Waals surface area contributed by atoms with E-state index in [1.165, 1.54) is 5.56 Å². The van der Waals surface area contributed by atoms with Crippen molar-refractivity contribution in [2.45, 2.75) is 45.1 Å². The van der Waals surface area contributed by atoms with E-state index in [0.29, 0.717) is 5.92 Å². The third kappa shape index (κ3) is 4.72. The van der Waals surface area contributed by atoms with Gasteiger partial charge in [-0.3, -0.25) is 0 Å². The minimum atomic E-state index is 0.0379. The topological polar surface area (TPSA) is 67.4 Å². The van der Waals surface area contributed by atoms with Gasteiger partial charge >= 0.3 is 6.03 Å². The molecule has 3 rings (SSSR count). The van der Waals surface area contributed by atoms with Gasteiger partial charge in [-0.15, -0.1) is 21.5 Å². The highest BCUT2D eigenvalue weighted by Gasteiger charge is 2.26. The van der Waals surface area contributed by atoms with Crippen LogP contribution in [0.3, 0.4) is 0 Å². The number of likely N-dealkylation sites (tertiary alicyclic amines) is 1. The van der Waals surface area contributed by atoms with Gasteiger partial charge in [-0.05, 0) is 44.4 Å². The summed E-state index contributed by atoms with van der Waals surface area (Å²) in [4.78, 5) is 14.0. The monoisotopic (exact) mass is 374 g/mol. The van der Waals surface area contributed by atoms with Crippen LogP contribution in [-0.2, 0) is 6.42 Å². The molecule has 0 spiro atoms. The van der Waals surface area contributed by atoms with Gasteiger partial charge in [-0.25, -0.2) is 4.79 Å². The molecule has 26 heavy (non-hydrogen) atoms. The Hall–Kier alpha value is -2.15. The van der Waals surface area contributed by atoms with Crippen molar-refractivity contribution >= 4 is 17.4 Å². The molecule has 0 aliphatic carbocycles. The highest BCUT2D eigenvalue weighted by molar-refractivity contribution is 7.11. The molecule has 2 aromatic rings. The summed E-state index contributed by atoms with van der Waals surface area (Å²) in [5, 5.41) is 13.9. The van der Waals surface area contributed by atoms with E-state index in [2.05, 4.69) is 27.6 Å². The summed E-state index contributed by atoms with van der Waals surface area (Å²) >= 11 is 1.69. The molecule has 7 heteroatoms. The normalized spacial score (nSPS) is 15.3. The molecule has 6 nitrogen and oxygen atoms in total. The van der Waals surface area contributed by atoms with Gasteiger partial charge in [-0.2, -0.15) is 0 Å². The number of benzene rings is 1.